The lowest BCUT2D eigenvalue weighted by atomic mass is 9.79. The Kier molecular flexibility index (Phi) is 5.44. The number of likely N-dealkylation sites (N-methyl/N-ethyl adjacent to an activating group) is 2. The second-order valence-electron chi connectivity index (χ2n) is 6.86. The number of rotatable bonds is 4. The Balaban J connectivity index is 1.99. The number of carbonyl (C=O) groups is 1. The van der Waals surface area contributed by atoms with Gasteiger partial charge in [-0.2, -0.15) is 0 Å². The first-order valence-corrected chi connectivity index (χ1v) is 8.25. The van der Waals surface area contributed by atoms with Gasteiger partial charge in [-0.3, -0.25) is 4.79 Å². The average Bonchev–Trinajstić information content (AvgIpc) is 2.72. The summed E-state index contributed by atoms with van der Waals surface area (Å²) in [5.41, 5.74) is 5.75. The Morgan fingerprint density at radius 1 is 1.25 bits per heavy atom. The zero-order valence-corrected chi connectivity index (χ0v) is 13.2. The Morgan fingerprint density at radius 3 is 2.40 bits per heavy atom. The zero-order chi connectivity index (χ0) is 14.6. The highest BCUT2D eigenvalue weighted by Crippen LogP contribution is 2.36. The van der Waals surface area contributed by atoms with Crippen LogP contribution in [0.1, 0.15) is 51.4 Å². The Bertz CT molecular complexity index is 324. The van der Waals surface area contributed by atoms with Gasteiger partial charge in [-0.15, -0.1) is 0 Å². The predicted octanol–water partition coefficient (Wildman–Crippen LogP) is 1.84. The molecule has 2 N–H and O–H groups in total. The summed E-state index contributed by atoms with van der Waals surface area (Å²) in [4.78, 5) is 17.3. The predicted molar refractivity (Wildman–Crippen MR) is 82.5 cm³/mol. The smallest absolute Gasteiger partial charge is 0.229 e. The summed E-state index contributed by atoms with van der Waals surface area (Å²) in [7, 11) is 4.14. The van der Waals surface area contributed by atoms with E-state index < -0.39 is 0 Å². The van der Waals surface area contributed by atoms with Crippen LogP contribution in [0.3, 0.4) is 0 Å². The molecule has 0 bridgehead atoms. The van der Waals surface area contributed by atoms with E-state index in [1.165, 1.54) is 25.7 Å². The van der Waals surface area contributed by atoms with Crippen molar-refractivity contribution < 1.29 is 4.79 Å². The molecule has 2 aliphatic rings. The monoisotopic (exact) mass is 281 g/mol. The van der Waals surface area contributed by atoms with Crippen molar-refractivity contribution in [2.45, 2.75) is 57.4 Å². The standard InChI is InChI=1S/C16H31N3O/c1-18-11-7-8-14(18)12-19(2)15(20)16(13-17)9-5-3-4-6-10-16/h14H,3-13,17H2,1-2H3. The van der Waals surface area contributed by atoms with Crippen molar-refractivity contribution in [1.82, 2.24) is 9.80 Å². The number of nitrogens with two attached hydrogens (primary N) is 1. The molecule has 4 heteroatoms. The van der Waals surface area contributed by atoms with Crippen LogP contribution in [0.5, 0.6) is 0 Å². The van der Waals surface area contributed by atoms with Crippen molar-refractivity contribution in [2.24, 2.45) is 11.1 Å². The summed E-state index contributed by atoms with van der Waals surface area (Å²) < 4.78 is 0. The van der Waals surface area contributed by atoms with Gasteiger partial charge in [0.05, 0.1) is 5.41 Å². The third-order valence-corrected chi connectivity index (χ3v) is 5.41. The molecule has 20 heavy (non-hydrogen) atoms. The molecule has 1 saturated heterocycles. The van der Waals surface area contributed by atoms with Crippen LogP contribution in [0, 0.1) is 5.41 Å². The molecule has 0 aromatic heterocycles. The highest BCUT2D eigenvalue weighted by Gasteiger charge is 2.39. The second kappa shape index (κ2) is 6.90. The molecule has 0 radical (unpaired) electrons. The number of carbonyl (C=O) groups excluding carboxylic acids is 1. The van der Waals surface area contributed by atoms with Gasteiger partial charge in [-0.1, -0.05) is 25.7 Å². The maximum Gasteiger partial charge on any atom is 0.229 e. The van der Waals surface area contributed by atoms with Crippen molar-refractivity contribution in [3.8, 4) is 0 Å². The molecule has 0 aromatic rings. The fourth-order valence-electron chi connectivity index (χ4n) is 3.92. The van der Waals surface area contributed by atoms with Crippen LogP contribution < -0.4 is 5.73 Å². The molecule has 1 unspecified atom stereocenters. The minimum absolute atomic E-state index is 0.275. The fourth-order valence-corrected chi connectivity index (χ4v) is 3.92. The Labute approximate surface area is 123 Å². The molecular weight excluding hydrogens is 250 g/mol. The van der Waals surface area contributed by atoms with Crippen molar-refractivity contribution in [2.75, 3.05) is 33.7 Å². The van der Waals surface area contributed by atoms with Gasteiger partial charge < -0.3 is 15.5 Å². The van der Waals surface area contributed by atoms with Crippen LogP contribution in [-0.4, -0.2) is 55.5 Å². The fraction of sp³-hybridized carbons (Fsp3) is 0.938. The Morgan fingerprint density at radius 2 is 1.90 bits per heavy atom. The first-order valence-electron chi connectivity index (χ1n) is 8.25. The molecule has 1 saturated carbocycles. The van der Waals surface area contributed by atoms with Gasteiger partial charge in [0.1, 0.15) is 0 Å². The highest BCUT2D eigenvalue weighted by atomic mass is 16.2. The Hall–Kier alpha value is -0.610. The van der Waals surface area contributed by atoms with Crippen molar-refractivity contribution in [3.05, 3.63) is 0 Å². The van der Waals surface area contributed by atoms with E-state index in [2.05, 4.69) is 11.9 Å². The SMILES string of the molecule is CN(CC1CCCN1C)C(=O)C1(CN)CCCCCC1. The van der Waals surface area contributed by atoms with Gasteiger partial charge >= 0.3 is 0 Å². The molecular formula is C16H31N3O. The minimum atomic E-state index is -0.275. The second-order valence-corrected chi connectivity index (χ2v) is 6.86. The molecule has 0 aromatic carbocycles. The molecule has 116 valence electrons. The van der Waals surface area contributed by atoms with E-state index in [9.17, 15) is 4.79 Å². The summed E-state index contributed by atoms with van der Waals surface area (Å²) in [6.07, 6.45) is 9.24. The minimum Gasteiger partial charge on any atom is -0.344 e. The van der Waals surface area contributed by atoms with Crippen LogP contribution >= 0.6 is 0 Å². The van der Waals surface area contributed by atoms with E-state index >= 15 is 0 Å². The van der Waals surface area contributed by atoms with E-state index in [-0.39, 0.29) is 5.41 Å². The molecule has 4 nitrogen and oxygen atoms in total. The lowest BCUT2D eigenvalue weighted by Crippen LogP contribution is -2.49. The summed E-state index contributed by atoms with van der Waals surface area (Å²) >= 11 is 0. The van der Waals surface area contributed by atoms with Gasteiger partial charge in [0.25, 0.3) is 0 Å². The normalized spacial score (nSPS) is 27.2. The maximum absolute atomic E-state index is 12.9. The zero-order valence-electron chi connectivity index (χ0n) is 13.2. The molecule has 1 amide bonds. The van der Waals surface area contributed by atoms with E-state index in [0.29, 0.717) is 18.5 Å². The van der Waals surface area contributed by atoms with E-state index in [1.54, 1.807) is 0 Å². The number of likely N-dealkylation sites (tertiary alicyclic amines) is 1. The lowest BCUT2D eigenvalue weighted by molar-refractivity contribution is -0.141. The summed E-state index contributed by atoms with van der Waals surface area (Å²) in [5, 5.41) is 0. The van der Waals surface area contributed by atoms with Gasteiger partial charge in [0, 0.05) is 26.2 Å². The van der Waals surface area contributed by atoms with Crippen LogP contribution in [0.25, 0.3) is 0 Å². The summed E-state index contributed by atoms with van der Waals surface area (Å²) in [6.45, 7) is 2.53. The number of hydrogen-bond acceptors (Lipinski definition) is 3. The van der Waals surface area contributed by atoms with Crippen molar-refractivity contribution in [3.63, 3.8) is 0 Å². The largest absolute Gasteiger partial charge is 0.344 e. The molecule has 0 spiro atoms. The van der Waals surface area contributed by atoms with Crippen molar-refractivity contribution >= 4 is 5.91 Å². The van der Waals surface area contributed by atoms with Gasteiger partial charge in [-0.25, -0.2) is 0 Å². The van der Waals surface area contributed by atoms with Crippen LogP contribution in [0.2, 0.25) is 0 Å². The van der Waals surface area contributed by atoms with E-state index in [1.807, 2.05) is 11.9 Å². The number of amides is 1. The molecule has 1 atom stereocenters. The topological polar surface area (TPSA) is 49.6 Å². The lowest BCUT2D eigenvalue weighted by Gasteiger charge is -2.36. The first-order chi connectivity index (χ1) is 9.59. The van der Waals surface area contributed by atoms with E-state index in [4.69, 9.17) is 5.73 Å². The van der Waals surface area contributed by atoms with E-state index in [0.717, 1.165) is 38.8 Å². The van der Waals surface area contributed by atoms with Gasteiger partial charge in [0.2, 0.25) is 5.91 Å². The number of hydrogen-bond donors (Lipinski definition) is 1. The quantitative estimate of drug-likeness (QED) is 0.800. The maximum atomic E-state index is 12.9. The molecule has 1 aliphatic heterocycles. The summed E-state index contributed by atoms with van der Waals surface area (Å²) in [6, 6.07) is 0.532. The van der Waals surface area contributed by atoms with Crippen LogP contribution in [0.4, 0.5) is 0 Å². The molecule has 1 heterocycles. The van der Waals surface area contributed by atoms with Crippen molar-refractivity contribution in [1.29, 1.82) is 0 Å². The van der Waals surface area contributed by atoms with Gasteiger partial charge in [0.15, 0.2) is 0 Å². The molecule has 1 aliphatic carbocycles. The highest BCUT2D eigenvalue weighted by molar-refractivity contribution is 5.82. The first kappa shape index (κ1) is 15.8. The van der Waals surface area contributed by atoms with Crippen LogP contribution in [-0.2, 0) is 4.79 Å². The van der Waals surface area contributed by atoms with Gasteiger partial charge in [-0.05, 0) is 39.3 Å². The number of nitrogens with zero attached hydrogens (tertiary/aromatic N) is 2. The molecule has 2 fully saturated rings. The summed E-state index contributed by atoms with van der Waals surface area (Å²) in [5.74, 6) is 0.294. The third kappa shape index (κ3) is 3.34. The van der Waals surface area contributed by atoms with Crippen LogP contribution in [0.15, 0.2) is 0 Å². The molecule has 2 rings (SSSR count). The average molecular weight is 281 g/mol. The third-order valence-electron chi connectivity index (χ3n) is 5.41.